The fraction of sp³-hybridized carbons (Fsp3) is 0. The van der Waals surface area contributed by atoms with E-state index in [-0.39, 0.29) is 4.90 Å². The number of nitrogens with zero attached hydrogens (tertiary/aromatic N) is 3. The third-order valence-electron chi connectivity index (χ3n) is 2.97. The van der Waals surface area contributed by atoms with Crippen LogP contribution >= 0.6 is 0 Å². The lowest BCUT2D eigenvalue weighted by Gasteiger charge is -1.98. The van der Waals surface area contributed by atoms with Crippen LogP contribution in [0.3, 0.4) is 0 Å². The topological polar surface area (TPSA) is 84.0 Å². The molecule has 2 aromatic carbocycles. The fourth-order valence-electron chi connectivity index (χ4n) is 1.93. The maximum Gasteiger partial charge on any atom is 0.294 e. The minimum Gasteiger partial charge on any atom is -0.282 e. The van der Waals surface area contributed by atoms with Crippen molar-refractivity contribution in [2.45, 2.75) is 4.90 Å². The van der Waals surface area contributed by atoms with Crippen LogP contribution in [0.15, 0.2) is 76.0 Å². The van der Waals surface area contributed by atoms with E-state index in [1.54, 1.807) is 10.9 Å². The Morgan fingerprint density at radius 3 is 2.38 bits per heavy atom. The molecule has 0 saturated heterocycles. The fourth-order valence-corrected chi connectivity index (χ4v) is 2.41. The Kier molecular flexibility index (Phi) is 3.28. The SMILES string of the molecule is O=S(=O)(O)c1ccc(N=Nn2ccc3ccccc32)cc1. The van der Waals surface area contributed by atoms with E-state index in [0.29, 0.717) is 5.69 Å². The van der Waals surface area contributed by atoms with Crippen LogP contribution in [0.2, 0.25) is 0 Å². The molecule has 1 N–H and O–H groups in total. The van der Waals surface area contributed by atoms with Crippen molar-refractivity contribution in [3.63, 3.8) is 0 Å². The second-order valence-corrected chi connectivity index (χ2v) is 5.80. The van der Waals surface area contributed by atoms with Crippen LogP contribution in [0.5, 0.6) is 0 Å². The average Bonchev–Trinajstić information content (AvgIpc) is 2.88. The number of rotatable bonds is 3. The van der Waals surface area contributed by atoms with Gasteiger partial charge in [0.25, 0.3) is 10.1 Å². The number of aromatic nitrogens is 1. The molecular formula is C14H11N3O3S. The third kappa shape index (κ3) is 2.83. The lowest BCUT2D eigenvalue weighted by molar-refractivity contribution is 0.483. The first-order chi connectivity index (χ1) is 10.0. The molecule has 0 spiro atoms. The molecule has 0 atom stereocenters. The summed E-state index contributed by atoms with van der Waals surface area (Å²) in [6.45, 7) is 0. The van der Waals surface area contributed by atoms with Gasteiger partial charge in [0, 0.05) is 11.6 Å². The van der Waals surface area contributed by atoms with E-state index in [2.05, 4.69) is 10.3 Å². The molecule has 0 bridgehead atoms. The molecule has 0 amide bonds. The molecule has 1 aromatic heterocycles. The molecule has 21 heavy (non-hydrogen) atoms. The highest BCUT2D eigenvalue weighted by molar-refractivity contribution is 7.85. The first kappa shape index (κ1) is 13.5. The zero-order valence-electron chi connectivity index (χ0n) is 10.8. The predicted molar refractivity (Wildman–Crippen MR) is 78.1 cm³/mol. The molecule has 6 nitrogen and oxygen atoms in total. The summed E-state index contributed by atoms with van der Waals surface area (Å²) in [5.74, 6) is 0. The van der Waals surface area contributed by atoms with Crippen LogP contribution < -0.4 is 0 Å². The van der Waals surface area contributed by atoms with Gasteiger partial charge in [-0.2, -0.15) is 8.42 Å². The van der Waals surface area contributed by atoms with Crippen LogP contribution in [-0.2, 0) is 10.1 Å². The van der Waals surface area contributed by atoms with E-state index in [4.69, 9.17) is 4.55 Å². The van der Waals surface area contributed by atoms with Crippen LogP contribution in [0, 0.1) is 0 Å². The summed E-state index contributed by atoms with van der Waals surface area (Å²) in [6.07, 6.45) is 1.79. The van der Waals surface area contributed by atoms with Crippen molar-refractivity contribution in [1.29, 1.82) is 0 Å². The van der Waals surface area contributed by atoms with Gasteiger partial charge in [0.2, 0.25) is 0 Å². The second kappa shape index (κ2) is 5.12. The largest absolute Gasteiger partial charge is 0.294 e. The van der Waals surface area contributed by atoms with Crippen LogP contribution in [0.4, 0.5) is 5.69 Å². The van der Waals surface area contributed by atoms with Crippen molar-refractivity contribution in [2.24, 2.45) is 10.3 Å². The molecule has 106 valence electrons. The van der Waals surface area contributed by atoms with Gasteiger partial charge in [0.05, 0.1) is 16.1 Å². The quantitative estimate of drug-likeness (QED) is 0.594. The van der Waals surface area contributed by atoms with Crippen molar-refractivity contribution in [3.05, 3.63) is 60.8 Å². The van der Waals surface area contributed by atoms with Crippen molar-refractivity contribution < 1.29 is 13.0 Å². The summed E-state index contributed by atoms with van der Waals surface area (Å²) in [7, 11) is -4.18. The van der Waals surface area contributed by atoms with Gasteiger partial charge in [-0.05, 0) is 36.4 Å². The van der Waals surface area contributed by atoms with Gasteiger partial charge in [-0.3, -0.25) is 4.55 Å². The lowest BCUT2D eigenvalue weighted by atomic mass is 10.3. The Bertz CT molecular complexity index is 912. The van der Waals surface area contributed by atoms with Crippen LogP contribution in [0.25, 0.3) is 10.9 Å². The molecule has 0 radical (unpaired) electrons. The molecule has 0 fully saturated rings. The highest BCUT2D eigenvalue weighted by Crippen LogP contribution is 2.19. The van der Waals surface area contributed by atoms with Crippen molar-refractivity contribution in [3.8, 4) is 0 Å². The first-order valence-electron chi connectivity index (χ1n) is 6.10. The van der Waals surface area contributed by atoms with Crippen molar-refractivity contribution >= 4 is 26.7 Å². The highest BCUT2D eigenvalue weighted by atomic mass is 32.2. The maximum absolute atomic E-state index is 10.9. The van der Waals surface area contributed by atoms with Gasteiger partial charge >= 0.3 is 0 Å². The first-order valence-corrected chi connectivity index (χ1v) is 7.54. The van der Waals surface area contributed by atoms with Crippen molar-refractivity contribution in [1.82, 2.24) is 4.68 Å². The number of benzene rings is 2. The molecule has 0 aliphatic heterocycles. The zero-order valence-corrected chi connectivity index (χ0v) is 11.6. The Labute approximate surface area is 121 Å². The summed E-state index contributed by atoms with van der Waals surface area (Å²) in [4.78, 5) is -0.173. The molecule has 0 saturated carbocycles. The summed E-state index contributed by atoms with van der Waals surface area (Å²) < 4.78 is 32.4. The smallest absolute Gasteiger partial charge is 0.282 e. The summed E-state index contributed by atoms with van der Waals surface area (Å²) in [5.41, 5.74) is 1.41. The number of hydrogen-bond donors (Lipinski definition) is 1. The minimum atomic E-state index is -4.18. The van der Waals surface area contributed by atoms with E-state index in [1.807, 2.05) is 30.3 Å². The molecular weight excluding hydrogens is 290 g/mol. The number of para-hydroxylation sites is 1. The molecule has 3 rings (SSSR count). The van der Waals surface area contributed by atoms with Gasteiger partial charge in [-0.1, -0.05) is 23.4 Å². The second-order valence-electron chi connectivity index (χ2n) is 4.38. The highest BCUT2D eigenvalue weighted by Gasteiger charge is 2.08. The van der Waals surface area contributed by atoms with Gasteiger partial charge in [0.15, 0.2) is 0 Å². The van der Waals surface area contributed by atoms with Gasteiger partial charge in [-0.25, -0.2) is 4.68 Å². The predicted octanol–water partition coefficient (Wildman–Crippen LogP) is 3.44. The van der Waals surface area contributed by atoms with E-state index in [0.717, 1.165) is 10.9 Å². The Balaban J connectivity index is 1.89. The normalized spacial score (nSPS) is 12.2. The number of fused-ring (bicyclic) bond motifs is 1. The van der Waals surface area contributed by atoms with Crippen LogP contribution in [0.1, 0.15) is 0 Å². The molecule has 3 aromatic rings. The molecule has 0 aliphatic rings. The Morgan fingerprint density at radius 2 is 1.67 bits per heavy atom. The Morgan fingerprint density at radius 1 is 0.952 bits per heavy atom. The van der Waals surface area contributed by atoms with Crippen LogP contribution in [-0.4, -0.2) is 17.6 Å². The summed E-state index contributed by atoms with van der Waals surface area (Å²) >= 11 is 0. The van der Waals surface area contributed by atoms with E-state index >= 15 is 0 Å². The number of hydrogen-bond acceptors (Lipinski definition) is 4. The molecule has 1 heterocycles. The average molecular weight is 301 g/mol. The lowest BCUT2D eigenvalue weighted by Crippen LogP contribution is -1.96. The van der Waals surface area contributed by atoms with Gasteiger partial charge < -0.3 is 0 Å². The maximum atomic E-state index is 10.9. The van der Waals surface area contributed by atoms with Gasteiger partial charge in [0.1, 0.15) is 0 Å². The van der Waals surface area contributed by atoms with E-state index < -0.39 is 10.1 Å². The van der Waals surface area contributed by atoms with E-state index in [9.17, 15) is 8.42 Å². The summed E-state index contributed by atoms with van der Waals surface area (Å²) in [6, 6.07) is 15.2. The molecule has 0 aliphatic carbocycles. The monoisotopic (exact) mass is 301 g/mol. The minimum absolute atomic E-state index is 0.173. The van der Waals surface area contributed by atoms with Crippen molar-refractivity contribution in [2.75, 3.05) is 0 Å². The standard InChI is InChI=1S/C14H11N3O3S/c18-21(19,20)13-7-5-12(6-8-13)15-16-17-10-9-11-3-1-2-4-14(11)17/h1-10H,(H,18,19,20). The summed E-state index contributed by atoms with van der Waals surface area (Å²) in [5, 5.41) is 9.17. The van der Waals surface area contributed by atoms with Gasteiger partial charge in [-0.15, -0.1) is 5.11 Å². The Hall–Kier alpha value is -2.51. The third-order valence-corrected chi connectivity index (χ3v) is 3.84. The zero-order chi connectivity index (χ0) is 14.9. The van der Waals surface area contributed by atoms with E-state index in [1.165, 1.54) is 24.3 Å². The molecule has 0 unspecified atom stereocenters. The molecule has 7 heteroatoms.